The zero-order valence-corrected chi connectivity index (χ0v) is 16.0. The molecule has 0 bridgehead atoms. The fraction of sp³-hybridized carbons (Fsp3) is 0.500. The molecule has 1 atom stereocenters. The van der Waals surface area contributed by atoms with Gasteiger partial charge in [-0.1, -0.05) is 44.2 Å². The number of amides is 1. The number of carbonyl (C=O) groups is 1. The van der Waals surface area contributed by atoms with E-state index in [1.807, 2.05) is 0 Å². The van der Waals surface area contributed by atoms with Crippen LogP contribution in [0.5, 0.6) is 0 Å². The number of rotatable bonds is 3. The maximum atomic E-state index is 12.4. The summed E-state index contributed by atoms with van der Waals surface area (Å²) in [5, 5.41) is 2.95. The molecule has 1 aromatic carbocycles. The van der Waals surface area contributed by atoms with E-state index >= 15 is 0 Å². The molecule has 1 unspecified atom stereocenters. The lowest BCUT2D eigenvalue weighted by molar-refractivity contribution is 0.0940. The second kappa shape index (κ2) is 6.04. The molecule has 3 heterocycles. The number of fused-ring (bicyclic) bond motifs is 1. The van der Waals surface area contributed by atoms with Crippen molar-refractivity contribution in [3.05, 3.63) is 53.0 Å². The molecule has 1 amide bonds. The summed E-state index contributed by atoms with van der Waals surface area (Å²) in [7, 11) is 0. The molecule has 1 saturated carbocycles. The van der Waals surface area contributed by atoms with Crippen molar-refractivity contribution in [2.45, 2.75) is 44.9 Å². The molecule has 2 fully saturated rings. The maximum Gasteiger partial charge on any atom is 0.270 e. The first-order valence-corrected chi connectivity index (χ1v) is 10.0. The number of hydrogen-bond acceptors (Lipinski definition) is 4. The van der Waals surface area contributed by atoms with Crippen molar-refractivity contribution in [2.24, 2.45) is 5.41 Å². The predicted octanol–water partition coefficient (Wildman–Crippen LogP) is 3.27. The van der Waals surface area contributed by atoms with Gasteiger partial charge in [0.1, 0.15) is 17.3 Å². The molecule has 5 nitrogen and oxygen atoms in total. The van der Waals surface area contributed by atoms with Gasteiger partial charge in [0.25, 0.3) is 5.91 Å². The minimum Gasteiger partial charge on any atom is -0.355 e. The van der Waals surface area contributed by atoms with Gasteiger partial charge in [0, 0.05) is 37.0 Å². The van der Waals surface area contributed by atoms with E-state index in [1.165, 1.54) is 5.56 Å². The monoisotopic (exact) mass is 362 g/mol. The van der Waals surface area contributed by atoms with Crippen molar-refractivity contribution in [3.8, 4) is 0 Å². The molecule has 2 aliphatic heterocycles. The second-order valence-electron chi connectivity index (χ2n) is 8.85. The third-order valence-electron chi connectivity index (χ3n) is 6.27. The number of carbonyl (C=O) groups excluding carboxylic acids is 1. The number of hydrogen-bond donors (Lipinski definition) is 1. The van der Waals surface area contributed by atoms with Crippen molar-refractivity contribution >= 4 is 11.7 Å². The van der Waals surface area contributed by atoms with Gasteiger partial charge in [-0.05, 0) is 30.2 Å². The van der Waals surface area contributed by atoms with Gasteiger partial charge in [-0.3, -0.25) is 4.79 Å². The molecule has 27 heavy (non-hydrogen) atoms. The summed E-state index contributed by atoms with van der Waals surface area (Å²) in [6.45, 7) is 7.23. The molecule has 3 aliphatic rings. The number of aromatic nitrogens is 2. The van der Waals surface area contributed by atoms with Crippen LogP contribution in [0.15, 0.2) is 30.3 Å². The van der Waals surface area contributed by atoms with Gasteiger partial charge >= 0.3 is 0 Å². The van der Waals surface area contributed by atoms with E-state index in [4.69, 9.17) is 4.98 Å². The summed E-state index contributed by atoms with van der Waals surface area (Å²) < 4.78 is 0. The van der Waals surface area contributed by atoms with Crippen LogP contribution in [-0.2, 0) is 6.42 Å². The molecule has 0 spiro atoms. The van der Waals surface area contributed by atoms with E-state index < -0.39 is 0 Å². The quantitative estimate of drug-likeness (QED) is 0.910. The largest absolute Gasteiger partial charge is 0.355 e. The van der Waals surface area contributed by atoms with Gasteiger partial charge in [0.05, 0.1) is 0 Å². The Hall–Kier alpha value is -2.43. The molecule has 1 N–H and O–H groups in total. The highest BCUT2D eigenvalue weighted by molar-refractivity contribution is 5.96. The lowest BCUT2D eigenvalue weighted by Crippen LogP contribution is -2.36. The van der Waals surface area contributed by atoms with Crippen LogP contribution >= 0.6 is 0 Å². The van der Waals surface area contributed by atoms with Gasteiger partial charge in [0.15, 0.2) is 0 Å². The Morgan fingerprint density at radius 1 is 1.15 bits per heavy atom. The number of anilines is 1. The SMILES string of the molecule is CC1(C)CN(c2nc(C3CC3)nc3c2CCNC3=O)CC1c1ccccc1. The third kappa shape index (κ3) is 2.89. The summed E-state index contributed by atoms with van der Waals surface area (Å²) >= 11 is 0. The van der Waals surface area contributed by atoms with Crippen LogP contribution in [0.2, 0.25) is 0 Å². The van der Waals surface area contributed by atoms with Gasteiger partial charge in [-0.15, -0.1) is 0 Å². The Bertz CT molecular complexity index is 889. The Labute approximate surface area is 160 Å². The van der Waals surface area contributed by atoms with E-state index in [0.29, 0.717) is 24.1 Å². The first-order valence-electron chi connectivity index (χ1n) is 10.0. The minimum absolute atomic E-state index is 0.0418. The van der Waals surface area contributed by atoms with E-state index in [1.54, 1.807) is 0 Å². The number of nitrogens with zero attached hydrogens (tertiary/aromatic N) is 3. The van der Waals surface area contributed by atoms with Crippen LogP contribution in [0, 0.1) is 5.41 Å². The highest BCUT2D eigenvalue weighted by Crippen LogP contribution is 2.45. The lowest BCUT2D eigenvalue weighted by Gasteiger charge is -2.27. The van der Waals surface area contributed by atoms with Crippen LogP contribution in [0.1, 0.15) is 66.0 Å². The van der Waals surface area contributed by atoms with E-state index in [0.717, 1.165) is 49.6 Å². The smallest absolute Gasteiger partial charge is 0.270 e. The van der Waals surface area contributed by atoms with Gasteiger partial charge in [-0.25, -0.2) is 9.97 Å². The van der Waals surface area contributed by atoms with Gasteiger partial charge in [-0.2, -0.15) is 0 Å². The average Bonchev–Trinajstić information content (AvgIpc) is 3.46. The molecule has 2 aromatic rings. The molecule has 1 aliphatic carbocycles. The molecule has 1 saturated heterocycles. The Morgan fingerprint density at radius 3 is 2.67 bits per heavy atom. The average molecular weight is 362 g/mol. The number of nitrogens with one attached hydrogen (secondary N) is 1. The van der Waals surface area contributed by atoms with Crippen molar-refractivity contribution < 1.29 is 4.79 Å². The van der Waals surface area contributed by atoms with Gasteiger partial charge in [0.2, 0.25) is 0 Å². The first-order chi connectivity index (χ1) is 13.0. The molecule has 140 valence electrons. The summed E-state index contributed by atoms with van der Waals surface area (Å²) in [6.07, 6.45) is 3.09. The topological polar surface area (TPSA) is 58.1 Å². The Balaban J connectivity index is 1.56. The standard InChI is InChI=1S/C22H26N4O/c1-22(2)13-26(12-17(22)14-6-4-3-5-7-14)20-16-10-11-23-21(27)18(16)24-19(25-20)15-8-9-15/h3-7,15,17H,8-13H2,1-2H3,(H,23,27). The molecule has 5 rings (SSSR count). The van der Waals surface area contributed by atoms with Crippen molar-refractivity contribution in [2.75, 3.05) is 24.5 Å². The summed E-state index contributed by atoms with van der Waals surface area (Å²) in [6, 6.07) is 10.8. The second-order valence-corrected chi connectivity index (χ2v) is 8.85. The molecule has 1 aromatic heterocycles. The van der Waals surface area contributed by atoms with Crippen LogP contribution in [0.25, 0.3) is 0 Å². The molecule has 0 radical (unpaired) electrons. The van der Waals surface area contributed by atoms with E-state index in [9.17, 15) is 4.79 Å². The highest BCUT2D eigenvalue weighted by atomic mass is 16.1. The summed E-state index contributed by atoms with van der Waals surface area (Å²) in [5.41, 5.74) is 3.17. The van der Waals surface area contributed by atoms with Crippen LogP contribution in [0.4, 0.5) is 5.82 Å². The van der Waals surface area contributed by atoms with Crippen LogP contribution in [0.3, 0.4) is 0 Å². The van der Waals surface area contributed by atoms with Gasteiger partial charge < -0.3 is 10.2 Å². The highest BCUT2D eigenvalue weighted by Gasteiger charge is 2.42. The Kier molecular flexibility index (Phi) is 3.74. The third-order valence-corrected chi connectivity index (χ3v) is 6.27. The van der Waals surface area contributed by atoms with Crippen LogP contribution in [-0.4, -0.2) is 35.5 Å². The fourth-order valence-corrected chi connectivity index (χ4v) is 4.61. The normalized spacial score (nSPS) is 23.9. The summed E-state index contributed by atoms with van der Waals surface area (Å²) in [5.74, 6) is 2.71. The maximum absolute atomic E-state index is 12.4. The van der Waals surface area contributed by atoms with E-state index in [-0.39, 0.29) is 11.3 Å². The number of benzene rings is 1. The molecular formula is C22H26N4O. The van der Waals surface area contributed by atoms with Crippen molar-refractivity contribution in [3.63, 3.8) is 0 Å². The first kappa shape index (κ1) is 16.7. The molecular weight excluding hydrogens is 336 g/mol. The Morgan fingerprint density at radius 2 is 1.93 bits per heavy atom. The van der Waals surface area contributed by atoms with E-state index in [2.05, 4.69) is 59.4 Å². The lowest BCUT2D eigenvalue weighted by atomic mass is 9.78. The molecule has 5 heteroatoms. The zero-order valence-electron chi connectivity index (χ0n) is 16.0. The fourth-order valence-electron chi connectivity index (χ4n) is 4.61. The van der Waals surface area contributed by atoms with Crippen molar-refractivity contribution in [1.82, 2.24) is 15.3 Å². The van der Waals surface area contributed by atoms with Crippen molar-refractivity contribution in [1.29, 1.82) is 0 Å². The zero-order chi connectivity index (χ0) is 18.6. The predicted molar refractivity (Wildman–Crippen MR) is 105 cm³/mol. The van der Waals surface area contributed by atoms with Crippen LogP contribution < -0.4 is 10.2 Å². The summed E-state index contributed by atoms with van der Waals surface area (Å²) in [4.78, 5) is 24.5. The minimum atomic E-state index is -0.0418.